The molecule has 0 amide bonds. The minimum Gasteiger partial charge on any atom is -0.357 e. The Hall–Kier alpha value is -1.32. The predicted molar refractivity (Wildman–Crippen MR) is 84.1 cm³/mol. The van der Waals surface area contributed by atoms with Gasteiger partial charge in [0.1, 0.15) is 0 Å². The molecule has 0 radical (unpaired) electrons. The molecule has 0 saturated carbocycles. The minimum absolute atomic E-state index is 0.224. The van der Waals surface area contributed by atoms with Crippen LogP contribution in [-0.2, 0) is 4.79 Å². The number of nitrogens with one attached hydrogen (secondary N) is 2. The third-order valence-electron chi connectivity index (χ3n) is 3.91. The van der Waals surface area contributed by atoms with Gasteiger partial charge in [0.25, 0.3) is 0 Å². The minimum atomic E-state index is 0.224. The van der Waals surface area contributed by atoms with Gasteiger partial charge in [0.15, 0.2) is 5.78 Å². The van der Waals surface area contributed by atoms with Gasteiger partial charge in [-0.3, -0.25) is 4.79 Å². The Morgan fingerprint density at radius 1 is 1.35 bits per heavy atom. The molecule has 1 aromatic carbocycles. The largest absolute Gasteiger partial charge is 0.357 e. The zero-order valence-corrected chi connectivity index (χ0v) is 13.0. The molecule has 1 aromatic rings. The summed E-state index contributed by atoms with van der Waals surface area (Å²) in [5, 5.41) is 7.26. The second kappa shape index (κ2) is 6.42. The van der Waals surface area contributed by atoms with E-state index in [9.17, 15) is 4.79 Å². The van der Waals surface area contributed by atoms with Crippen LogP contribution >= 0.6 is 11.6 Å². The smallest absolute Gasteiger partial charge is 0.160 e. The number of benzene rings is 1. The molecule has 0 aliphatic heterocycles. The van der Waals surface area contributed by atoms with E-state index < -0.39 is 0 Å². The molecular formula is C16H21ClN2O. The average Bonchev–Trinajstić information content (AvgIpc) is 2.75. The van der Waals surface area contributed by atoms with Crippen LogP contribution in [0.1, 0.15) is 44.7 Å². The zero-order valence-electron chi connectivity index (χ0n) is 12.2. The van der Waals surface area contributed by atoms with E-state index in [1.54, 1.807) is 0 Å². The Balaban J connectivity index is 2.20. The van der Waals surface area contributed by atoms with E-state index in [0.717, 1.165) is 29.8 Å². The summed E-state index contributed by atoms with van der Waals surface area (Å²) in [5.41, 5.74) is 3.86. The van der Waals surface area contributed by atoms with Crippen LogP contribution < -0.4 is 10.6 Å². The fourth-order valence-electron chi connectivity index (χ4n) is 2.56. The molecule has 3 nitrogen and oxygen atoms in total. The molecule has 1 unspecified atom stereocenters. The highest BCUT2D eigenvalue weighted by molar-refractivity contribution is 6.33. The van der Waals surface area contributed by atoms with E-state index in [2.05, 4.69) is 23.6 Å². The highest BCUT2D eigenvalue weighted by Crippen LogP contribution is 2.31. The number of carbonyl (C=O) groups excluding carboxylic acids is 1. The van der Waals surface area contributed by atoms with Crippen LogP contribution in [0, 0.1) is 0 Å². The van der Waals surface area contributed by atoms with Crippen molar-refractivity contribution in [1.82, 2.24) is 5.32 Å². The number of hydrogen-bond donors (Lipinski definition) is 2. The first-order chi connectivity index (χ1) is 9.56. The Labute approximate surface area is 125 Å². The average molecular weight is 293 g/mol. The van der Waals surface area contributed by atoms with E-state index in [0.29, 0.717) is 17.5 Å². The lowest BCUT2D eigenvalue weighted by molar-refractivity contribution is -0.114. The summed E-state index contributed by atoms with van der Waals surface area (Å²) >= 11 is 6.35. The van der Waals surface area contributed by atoms with E-state index in [4.69, 9.17) is 11.6 Å². The van der Waals surface area contributed by atoms with Crippen molar-refractivity contribution < 1.29 is 4.79 Å². The first-order valence-corrected chi connectivity index (χ1v) is 7.41. The molecule has 4 heteroatoms. The number of halogens is 1. The van der Waals surface area contributed by atoms with Crippen molar-refractivity contribution in [3.8, 4) is 0 Å². The van der Waals surface area contributed by atoms with Crippen molar-refractivity contribution in [3.05, 3.63) is 40.1 Å². The molecule has 108 valence electrons. The molecule has 20 heavy (non-hydrogen) atoms. The maximum absolute atomic E-state index is 11.5. The fraction of sp³-hybridized carbons (Fsp3) is 0.438. The summed E-state index contributed by atoms with van der Waals surface area (Å²) < 4.78 is 0. The maximum Gasteiger partial charge on any atom is 0.160 e. The monoisotopic (exact) mass is 292 g/mol. The molecule has 0 spiro atoms. The first kappa shape index (κ1) is 15.1. The summed E-state index contributed by atoms with van der Waals surface area (Å²) in [6, 6.07) is 6.36. The highest BCUT2D eigenvalue weighted by Gasteiger charge is 2.20. The molecule has 0 bridgehead atoms. The molecule has 0 aromatic heterocycles. The number of allylic oxidation sites excluding steroid dienone is 2. The van der Waals surface area contributed by atoms with E-state index in [1.165, 1.54) is 5.56 Å². The number of hydrogen-bond acceptors (Lipinski definition) is 3. The molecule has 1 aliphatic rings. The SMILES string of the molecule is CCC(NC)c1ccc(NC2=C(C)C(=O)CC2)c(Cl)c1. The number of rotatable bonds is 5. The van der Waals surface area contributed by atoms with Crippen molar-refractivity contribution in [2.45, 2.75) is 39.2 Å². The van der Waals surface area contributed by atoms with Gasteiger partial charge in [0.05, 0.1) is 10.7 Å². The number of carbonyl (C=O) groups is 1. The summed E-state index contributed by atoms with van der Waals surface area (Å²) in [6.07, 6.45) is 2.39. The lowest BCUT2D eigenvalue weighted by atomic mass is 10.0. The molecular weight excluding hydrogens is 272 g/mol. The van der Waals surface area contributed by atoms with Crippen molar-refractivity contribution in [1.29, 1.82) is 0 Å². The van der Waals surface area contributed by atoms with Crippen LogP contribution in [0.3, 0.4) is 0 Å². The van der Waals surface area contributed by atoms with Gasteiger partial charge in [-0.1, -0.05) is 24.6 Å². The molecule has 1 atom stereocenters. The molecule has 1 aliphatic carbocycles. The van der Waals surface area contributed by atoms with Crippen LogP contribution in [0.15, 0.2) is 29.5 Å². The summed E-state index contributed by atoms with van der Waals surface area (Å²) in [6.45, 7) is 4.01. The zero-order chi connectivity index (χ0) is 14.7. The molecule has 0 saturated heterocycles. The standard InChI is InChI=1S/C16H21ClN2O/c1-4-13(18-3)11-5-6-15(12(17)9-11)19-14-7-8-16(20)10(14)2/h5-6,9,13,18-19H,4,7-8H2,1-3H3. The maximum atomic E-state index is 11.5. The van der Waals surface area contributed by atoms with E-state index >= 15 is 0 Å². The summed E-state index contributed by atoms with van der Waals surface area (Å²) in [4.78, 5) is 11.5. The highest BCUT2D eigenvalue weighted by atomic mass is 35.5. The third kappa shape index (κ3) is 3.05. The van der Waals surface area contributed by atoms with Crippen LogP contribution in [0.2, 0.25) is 5.02 Å². The summed E-state index contributed by atoms with van der Waals surface area (Å²) in [5.74, 6) is 0.224. The lowest BCUT2D eigenvalue weighted by Gasteiger charge is -2.17. The second-order valence-electron chi connectivity index (χ2n) is 5.14. The Morgan fingerprint density at radius 3 is 2.60 bits per heavy atom. The van der Waals surface area contributed by atoms with Crippen LogP contribution in [-0.4, -0.2) is 12.8 Å². The summed E-state index contributed by atoms with van der Waals surface area (Å²) in [7, 11) is 1.95. The molecule has 0 heterocycles. The van der Waals surface area contributed by atoms with E-state index in [1.807, 2.05) is 26.1 Å². The van der Waals surface area contributed by atoms with Gasteiger partial charge in [0.2, 0.25) is 0 Å². The molecule has 0 fully saturated rings. The van der Waals surface area contributed by atoms with Gasteiger partial charge < -0.3 is 10.6 Å². The first-order valence-electron chi connectivity index (χ1n) is 7.03. The molecule has 2 N–H and O–H groups in total. The quantitative estimate of drug-likeness (QED) is 0.860. The topological polar surface area (TPSA) is 41.1 Å². The van der Waals surface area contributed by atoms with Gasteiger partial charge in [0, 0.05) is 23.7 Å². The van der Waals surface area contributed by atoms with Gasteiger partial charge in [-0.2, -0.15) is 0 Å². The van der Waals surface area contributed by atoms with Crippen molar-refractivity contribution in [3.63, 3.8) is 0 Å². The second-order valence-corrected chi connectivity index (χ2v) is 5.55. The van der Waals surface area contributed by atoms with Crippen LogP contribution in [0.5, 0.6) is 0 Å². The third-order valence-corrected chi connectivity index (χ3v) is 4.22. The van der Waals surface area contributed by atoms with Crippen molar-refractivity contribution in [2.24, 2.45) is 0 Å². The van der Waals surface area contributed by atoms with Crippen molar-refractivity contribution >= 4 is 23.1 Å². The normalized spacial score (nSPS) is 16.7. The van der Waals surface area contributed by atoms with Crippen LogP contribution in [0.4, 0.5) is 5.69 Å². The Morgan fingerprint density at radius 2 is 2.10 bits per heavy atom. The number of ketones is 1. The van der Waals surface area contributed by atoms with Gasteiger partial charge in [-0.05, 0) is 44.5 Å². The fourth-order valence-corrected chi connectivity index (χ4v) is 2.79. The number of Topliss-reactive ketones (excluding diaryl/α,β-unsaturated/α-hetero) is 1. The lowest BCUT2D eigenvalue weighted by Crippen LogP contribution is -2.15. The Kier molecular flexibility index (Phi) is 4.84. The van der Waals surface area contributed by atoms with E-state index in [-0.39, 0.29) is 5.78 Å². The Bertz CT molecular complexity index is 547. The van der Waals surface area contributed by atoms with Gasteiger partial charge in [-0.25, -0.2) is 0 Å². The van der Waals surface area contributed by atoms with Gasteiger partial charge >= 0.3 is 0 Å². The molecule has 2 rings (SSSR count). The van der Waals surface area contributed by atoms with Crippen LogP contribution in [0.25, 0.3) is 0 Å². The predicted octanol–water partition coefficient (Wildman–Crippen LogP) is 4.06. The number of anilines is 1. The van der Waals surface area contributed by atoms with Gasteiger partial charge in [-0.15, -0.1) is 0 Å². The van der Waals surface area contributed by atoms with Crippen molar-refractivity contribution in [2.75, 3.05) is 12.4 Å².